The van der Waals surface area contributed by atoms with Crippen molar-refractivity contribution in [3.8, 4) is 5.75 Å². The molecule has 0 aliphatic carbocycles. The molecule has 1 fully saturated rings. The fourth-order valence-electron chi connectivity index (χ4n) is 3.01. The fraction of sp³-hybridized carbons (Fsp3) is 0.312. The third kappa shape index (κ3) is 4.32. The minimum Gasteiger partial charge on any atom is -0.543 e. The minimum absolute atomic E-state index is 0. The Morgan fingerprint density at radius 3 is 2.50 bits per heavy atom. The van der Waals surface area contributed by atoms with Crippen molar-refractivity contribution in [2.24, 2.45) is 0 Å². The molecule has 0 spiro atoms. The number of hydrogen-bond acceptors (Lipinski definition) is 8. The number of fused-ring (bicyclic) bond motifs is 1. The fourth-order valence-corrected chi connectivity index (χ4v) is 5.03. The van der Waals surface area contributed by atoms with Gasteiger partial charge in [0.2, 0.25) is 0 Å². The number of nitrogens with one attached hydrogen (secondary N) is 1. The monoisotopic (exact) mass is 434 g/mol. The maximum atomic E-state index is 12.4. The number of carboxylic acid groups (broad SMARTS) is 1. The number of carboxylic acids is 1. The van der Waals surface area contributed by atoms with Gasteiger partial charge in [-0.25, -0.2) is 8.42 Å². The number of carbonyl (C=O) groups excluding carboxylic acids is 3. The molecule has 2 aliphatic heterocycles. The van der Waals surface area contributed by atoms with Crippen LogP contribution in [0.5, 0.6) is 5.75 Å². The van der Waals surface area contributed by atoms with Crippen LogP contribution in [0.4, 0.5) is 0 Å². The molecule has 2 N–H and O–H groups in total. The maximum absolute atomic E-state index is 12.4. The summed E-state index contributed by atoms with van der Waals surface area (Å²) in [4.78, 5) is 36.1. The summed E-state index contributed by atoms with van der Waals surface area (Å²) < 4.78 is 29.9. The molecular formula is C16H15KN2O8S. The van der Waals surface area contributed by atoms with Gasteiger partial charge < -0.3 is 25.1 Å². The zero-order valence-electron chi connectivity index (χ0n) is 14.8. The molecular weight excluding hydrogens is 419 g/mol. The van der Waals surface area contributed by atoms with E-state index in [0.717, 1.165) is 0 Å². The van der Waals surface area contributed by atoms with Gasteiger partial charge in [-0.1, -0.05) is 18.2 Å². The second kappa shape index (κ2) is 9.03. The van der Waals surface area contributed by atoms with Gasteiger partial charge in [0, 0.05) is 0 Å². The molecule has 2 heterocycles. The second-order valence-electron chi connectivity index (χ2n) is 5.95. The smallest absolute Gasteiger partial charge is 0.543 e. The van der Waals surface area contributed by atoms with Gasteiger partial charge in [0.25, 0.3) is 11.8 Å². The molecule has 12 heteroatoms. The summed E-state index contributed by atoms with van der Waals surface area (Å²) in [7, 11) is -4.01. The van der Waals surface area contributed by atoms with Crippen LogP contribution in [0.2, 0.25) is 0 Å². The number of benzene rings is 1. The van der Waals surface area contributed by atoms with Crippen LogP contribution in [-0.2, 0) is 24.2 Å². The molecule has 2 amide bonds. The Balaban J connectivity index is 0.00000280. The molecule has 1 aromatic carbocycles. The number of sulfone groups is 1. The Bertz CT molecular complexity index is 931. The molecule has 28 heavy (non-hydrogen) atoms. The molecule has 0 aromatic heterocycles. The predicted molar refractivity (Wildman–Crippen MR) is 87.4 cm³/mol. The van der Waals surface area contributed by atoms with E-state index in [0.29, 0.717) is 10.6 Å². The third-order valence-corrected chi connectivity index (χ3v) is 6.15. The molecule has 0 saturated carbocycles. The first-order valence-corrected chi connectivity index (χ1v) is 9.54. The van der Waals surface area contributed by atoms with Gasteiger partial charge in [-0.3, -0.25) is 14.5 Å². The molecule has 1 saturated heterocycles. The topological polar surface area (TPSA) is 153 Å². The first kappa shape index (κ1) is 23.0. The number of aliphatic hydroxyl groups is 1. The number of hydrogen-bond donors (Lipinski definition) is 2. The van der Waals surface area contributed by atoms with E-state index >= 15 is 0 Å². The van der Waals surface area contributed by atoms with Crippen molar-refractivity contribution >= 4 is 27.6 Å². The molecule has 0 bridgehead atoms. The second-order valence-corrected chi connectivity index (χ2v) is 8.05. The zero-order valence-corrected chi connectivity index (χ0v) is 18.8. The van der Waals surface area contributed by atoms with Crippen LogP contribution in [0.25, 0.3) is 0 Å². The largest absolute Gasteiger partial charge is 1.00 e. The molecule has 0 unspecified atom stereocenters. The van der Waals surface area contributed by atoms with Crippen molar-refractivity contribution in [2.75, 3.05) is 19.0 Å². The number of β-lactam (4-membered cyclic amide) rings is 1. The van der Waals surface area contributed by atoms with E-state index in [1.165, 1.54) is 0 Å². The molecule has 2 aliphatic rings. The molecule has 1 aromatic rings. The zero-order chi connectivity index (χ0) is 19.8. The molecule has 3 rings (SSSR count). The van der Waals surface area contributed by atoms with Crippen molar-refractivity contribution in [3.05, 3.63) is 41.6 Å². The number of para-hydroxylation sites is 1. The van der Waals surface area contributed by atoms with Gasteiger partial charge in [0.05, 0.1) is 24.0 Å². The summed E-state index contributed by atoms with van der Waals surface area (Å²) >= 11 is 0. The number of ether oxygens (including phenoxy) is 1. The average molecular weight is 434 g/mol. The van der Waals surface area contributed by atoms with Gasteiger partial charge in [0.1, 0.15) is 11.8 Å². The predicted octanol–water partition coefficient (Wildman–Crippen LogP) is -5.85. The summed E-state index contributed by atoms with van der Waals surface area (Å²) in [5, 5.41) is 21.2. The number of nitrogens with zero attached hydrogens (tertiary/aromatic N) is 1. The van der Waals surface area contributed by atoms with Crippen LogP contribution in [0.3, 0.4) is 0 Å². The molecule has 144 valence electrons. The van der Waals surface area contributed by atoms with Crippen LogP contribution in [-0.4, -0.2) is 66.6 Å². The van der Waals surface area contributed by atoms with Crippen molar-refractivity contribution in [2.45, 2.75) is 11.4 Å². The molecule has 0 radical (unpaired) electrons. The van der Waals surface area contributed by atoms with E-state index in [1.54, 1.807) is 30.3 Å². The standard InChI is InChI=1S/C16H16N2O8S.K/c19-6-9-8-27(24,25)15-12(14(21)18(15)13(9)16(22)23)17-11(20)7-26-10-4-2-1-3-5-10;/h1-5,12,15,19H,6-8H2,(H,17,20)(H,22,23);/q;+1/p-1/t12-,15-;/m0./s1. The first-order chi connectivity index (χ1) is 12.8. The number of carbonyl (C=O) groups is 3. The first-order valence-electron chi connectivity index (χ1n) is 7.82. The summed E-state index contributed by atoms with van der Waals surface area (Å²) in [5.41, 5.74) is -1.01. The number of aliphatic hydroxyl groups excluding tert-OH is 1. The third-order valence-electron chi connectivity index (χ3n) is 4.18. The molecule has 10 nitrogen and oxygen atoms in total. The van der Waals surface area contributed by atoms with E-state index in [-0.39, 0.29) is 57.0 Å². The number of aliphatic carboxylic acids is 1. The van der Waals surface area contributed by atoms with E-state index in [4.69, 9.17) is 4.74 Å². The van der Waals surface area contributed by atoms with Crippen molar-refractivity contribution in [3.63, 3.8) is 0 Å². The number of amides is 2. The Morgan fingerprint density at radius 1 is 1.29 bits per heavy atom. The van der Waals surface area contributed by atoms with Gasteiger partial charge in [-0.2, -0.15) is 0 Å². The van der Waals surface area contributed by atoms with Crippen LogP contribution in [0, 0.1) is 0 Å². The van der Waals surface area contributed by atoms with Crippen molar-refractivity contribution < 1.29 is 89.1 Å². The van der Waals surface area contributed by atoms with Gasteiger partial charge in [-0.05, 0) is 17.7 Å². The summed E-state index contributed by atoms with van der Waals surface area (Å²) in [6.07, 6.45) is 0. The SMILES string of the molecule is O=C(COc1ccccc1)N[C@H]1C(=O)N2C(C(=O)[O-])=C(CO)CS(=O)(=O)[C@@H]12.[K+]. The van der Waals surface area contributed by atoms with Crippen molar-refractivity contribution in [1.29, 1.82) is 0 Å². The van der Waals surface area contributed by atoms with E-state index in [9.17, 15) is 33.0 Å². The normalized spacial score (nSPS) is 22.5. The Morgan fingerprint density at radius 2 is 1.93 bits per heavy atom. The summed E-state index contributed by atoms with van der Waals surface area (Å²) in [5.74, 6) is -3.76. The summed E-state index contributed by atoms with van der Waals surface area (Å²) in [6.45, 7) is -1.30. The quantitative estimate of drug-likeness (QED) is 0.332. The Kier molecular flexibility index (Phi) is 7.42. The average Bonchev–Trinajstić information content (AvgIpc) is 2.63. The van der Waals surface area contributed by atoms with Gasteiger partial charge in [0.15, 0.2) is 21.8 Å². The van der Waals surface area contributed by atoms with Crippen LogP contribution in [0.15, 0.2) is 41.6 Å². The van der Waals surface area contributed by atoms with Crippen molar-refractivity contribution in [1.82, 2.24) is 10.2 Å². The minimum atomic E-state index is -4.01. The van der Waals surface area contributed by atoms with Gasteiger partial charge >= 0.3 is 51.4 Å². The van der Waals surface area contributed by atoms with Crippen LogP contribution >= 0.6 is 0 Å². The summed E-state index contributed by atoms with van der Waals surface area (Å²) in [6, 6.07) is 6.94. The van der Waals surface area contributed by atoms with Crippen LogP contribution < -0.4 is 66.5 Å². The van der Waals surface area contributed by atoms with E-state index in [1.807, 2.05) is 0 Å². The molecule has 2 atom stereocenters. The van der Waals surface area contributed by atoms with E-state index < -0.39 is 63.7 Å². The Labute approximate surface area is 202 Å². The maximum Gasteiger partial charge on any atom is 1.00 e. The number of rotatable bonds is 6. The van der Waals surface area contributed by atoms with Crippen LogP contribution in [0.1, 0.15) is 0 Å². The Hall–Kier alpha value is -1.28. The van der Waals surface area contributed by atoms with Gasteiger partial charge in [-0.15, -0.1) is 0 Å². The van der Waals surface area contributed by atoms with E-state index in [2.05, 4.69) is 5.32 Å².